The summed E-state index contributed by atoms with van der Waals surface area (Å²) in [6.45, 7) is 0.337. The first-order valence-electron chi connectivity index (χ1n) is 5.83. The van der Waals surface area contributed by atoms with Gasteiger partial charge in [-0.3, -0.25) is 9.59 Å². The second-order valence-electron chi connectivity index (χ2n) is 3.97. The SMILES string of the molecule is O=C(NCCn1ncccc1=O)c1ccc(F)c(F)c1. The molecule has 104 valence electrons. The number of rotatable bonds is 4. The van der Waals surface area contributed by atoms with E-state index < -0.39 is 17.5 Å². The first-order valence-corrected chi connectivity index (χ1v) is 5.83. The first-order chi connectivity index (χ1) is 9.58. The zero-order valence-corrected chi connectivity index (χ0v) is 10.3. The molecule has 1 amide bonds. The highest BCUT2D eigenvalue weighted by molar-refractivity contribution is 5.94. The molecule has 20 heavy (non-hydrogen) atoms. The molecule has 1 N–H and O–H groups in total. The highest BCUT2D eigenvalue weighted by atomic mass is 19.2. The summed E-state index contributed by atoms with van der Waals surface area (Å²) in [5.74, 6) is -2.65. The first kappa shape index (κ1) is 13.9. The Hall–Kier alpha value is -2.57. The van der Waals surface area contributed by atoms with Crippen LogP contribution in [0.2, 0.25) is 0 Å². The van der Waals surface area contributed by atoms with Crippen molar-refractivity contribution in [2.45, 2.75) is 6.54 Å². The number of halogens is 2. The molecular weight excluding hydrogens is 268 g/mol. The highest BCUT2D eigenvalue weighted by Crippen LogP contribution is 2.08. The zero-order valence-electron chi connectivity index (χ0n) is 10.3. The Morgan fingerprint density at radius 3 is 2.75 bits per heavy atom. The molecular formula is C13H11F2N3O2. The van der Waals surface area contributed by atoms with Gasteiger partial charge in [0.25, 0.3) is 11.5 Å². The molecule has 1 heterocycles. The van der Waals surface area contributed by atoms with Gasteiger partial charge in [-0.25, -0.2) is 13.5 Å². The van der Waals surface area contributed by atoms with Crippen LogP contribution in [-0.2, 0) is 6.54 Å². The lowest BCUT2D eigenvalue weighted by molar-refractivity contribution is 0.0951. The maximum atomic E-state index is 13.0. The summed E-state index contributed by atoms with van der Waals surface area (Å²) in [6.07, 6.45) is 1.46. The van der Waals surface area contributed by atoms with Gasteiger partial charge in [0.05, 0.1) is 6.54 Å². The van der Waals surface area contributed by atoms with E-state index >= 15 is 0 Å². The van der Waals surface area contributed by atoms with Crippen LogP contribution in [0, 0.1) is 11.6 Å². The van der Waals surface area contributed by atoms with Crippen LogP contribution in [-0.4, -0.2) is 22.2 Å². The summed E-state index contributed by atoms with van der Waals surface area (Å²) in [5, 5.41) is 6.31. The Balaban J connectivity index is 1.94. The molecule has 0 aliphatic carbocycles. The van der Waals surface area contributed by atoms with Crippen LogP contribution in [0.1, 0.15) is 10.4 Å². The molecule has 5 nitrogen and oxygen atoms in total. The third-order valence-corrected chi connectivity index (χ3v) is 2.58. The summed E-state index contributed by atoms with van der Waals surface area (Å²) in [4.78, 5) is 23.0. The molecule has 0 unspecified atom stereocenters. The smallest absolute Gasteiger partial charge is 0.266 e. The molecule has 2 aromatic rings. The third-order valence-electron chi connectivity index (χ3n) is 2.58. The van der Waals surface area contributed by atoms with Crippen LogP contribution in [0.15, 0.2) is 41.3 Å². The largest absolute Gasteiger partial charge is 0.350 e. The van der Waals surface area contributed by atoms with Crippen molar-refractivity contribution < 1.29 is 13.6 Å². The van der Waals surface area contributed by atoms with E-state index in [1.54, 1.807) is 0 Å². The summed E-state index contributed by atoms with van der Waals surface area (Å²) in [7, 11) is 0. The van der Waals surface area contributed by atoms with Crippen molar-refractivity contribution in [1.82, 2.24) is 15.1 Å². The minimum absolute atomic E-state index is 0.0114. The average Bonchev–Trinajstić information content (AvgIpc) is 2.44. The van der Waals surface area contributed by atoms with Crippen molar-refractivity contribution in [3.63, 3.8) is 0 Å². The van der Waals surface area contributed by atoms with Crippen LogP contribution in [0.5, 0.6) is 0 Å². The van der Waals surface area contributed by atoms with Gasteiger partial charge in [-0.2, -0.15) is 5.10 Å². The number of nitrogens with zero attached hydrogens (tertiary/aromatic N) is 2. The lowest BCUT2D eigenvalue weighted by atomic mass is 10.2. The minimum Gasteiger partial charge on any atom is -0.350 e. The summed E-state index contributed by atoms with van der Waals surface area (Å²) in [6, 6.07) is 5.74. The molecule has 0 atom stereocenters. The fourth-order valence-electron chi connectivity index (χ4n) is 1.57. The van der Waals surface area contributed by atoms with E-state index in [4.69, 9.17) is 0 Å². The summed E-state index contributed by atoms with van der Waals surface area (Å²) >= 11 is 0. The maximum Gasteiger partial charge on any atom is 0.266 e. The van der Waals surface area contributed by atoms with Crippen molar-refractivity contribution in [3.8, 4) is 0 Å². The predicted octanol–water partition coefficient (Wildman–Crippen LogP) is 0.951. The van der Waals surface area contributed by atoms with E-state index in [-0.39, 0.29) is 24.2 Å². The summed E-state index contributed by atoms with van der Waals surface area (Å²) in [5.41, 5.74) is -0.271. The van der Waals surface area contributed by atoms with E-state index in [1.165, 1.54) is 29.1 Å². The average molecular weight is 279 g/mol. The third kappa shape index (κ3) is 3.25. The number of aromatic nitrogens is 2. The molecule has 1 aromatic carbocycles. The predicted molar refractivity (Wildman–Crippen MR) is 67.2 cm³/mol. The number of amides is 1. The fraction of sp³-hybridized carbons (Fsp3) is 0.154. The lowest BCUT2D eigenvalue weighted by Gasteiger charge is -2.06. The topological polar surface area (TPSA) is 64.0 Å². The standard InChI is InChI=1S/C13H11F2N3O2/c14-10-4-3-9(8-11(10)15)13(20)16-6-7-18-12(19)2-1-5-17-18/h1-5,8H,6-7H2,(H,16,20). The number of carbonyl (C=O) groups is 1. The lowest BCUT2D eigenvalue weighted by Crippen LogP contribution is -2.31. The van der Waals surface area contributed by atoms with E-state index in [9.17, 15) is 18.4 Å². The van der Waals surface area contributed by atoms with Crippen molar-refractivity contribution in [2.75, 3.05) is 6.54 Å². The van der Waals surface area contributed by atoms with Gasteiger partial charge < -0.3 is 5.32 Å². The molecule has 0 bridgehead atoms. The summed E-state index contributed by atoms with van der Waals surface area (Å²) < 4.78 is 26.9. The monoisotopic (exact) mass is 279 g/mol. The van der Waals surface area contributed by atoms with Crippen LogP contribution in [0.3, 0.4) is 0 Å². The molecule has 7 heteroatoms. The van der Waals surface area contributed by atoms with E-state index in [1.807, 2.05) is 0 Å². The quantitative estimate of drug-likeness (QED) is 0.906. The van der Waals surface area contributed by atoms with E-state index in [0.29, 0.717) is 0 Å². The van der Waals surface area contributed by atoms with Crippen LogP contribution >= 0.6 is 0 Å². The number of benzene rings is 1. The molecule has 0 aliphatic rings. The Labute approximate surface area is 112 Å². The number of carbonyl (C=O) groups excluding carboxylic acids is 1. The van der Waals surface area contributed by atoms with E-state index in [2.05, 4.69) is 10.4 Å². The number of hydrogen-bond acceptors (Lipinski definition) is 3. The van der Waals surface area contributed by atoms with Gasteiger partial charge in [0.15, 0.2) is 11.6 Å². The van der Waals surface area contributed by atoms with Crippen molar-refractivity contribution >= 4 is 5.91 Å². The van der Waals surface area contributed by atoms with Crippen molar-refractivity contribution in [3.05, 3.63) is 64.1 Å². The van der Waals surface area contributed by atoms with Crippen LogP contribution in [0.25, 0.3) is 0 Å². The van der Waals surface area contributed by atoms with Gasteiger partial charge in [-0.15, -0.1) is 0 Å². The Kier molecular flexibility index (Phi) is 4.19. The molecule has 0 saturated carbocycles. The Morgan fingerprint density at radius 2 is 2.05 bits per heavy atom. The second-order valence-corrected chi connectivity index (χ2v) is 3.97. The molecule has 0 saturated heterocycles. The molecule has 1 aromatic heterocycles. The number of hydrogen-bond donors (Lipinski definition) is 1. The van der Waals surface area contributed by atoms with Gasteiger partial charge in [-0.05, 0) is 24.3 Å². The Morgan fingerprint density at radius 1 is 1.25 bits per heavy atom. The van der Waals surface area contributed by atoms with Crippen LogP contribution in [0.4, 0.5) is 8.78 Å². The van der Waals surface area contributed by atoms with Gasteiger partial charge in [0, 0.05) is 24.4 Å². The van der Waals surface area contributed by atoms with Gasteiger partial charge in [-0.1, -0.05) is 0 Å². The molecule has 0 spiro atoms. The molecule has 2 rings (SSSR count). The van der Waals surface area contributed by atoms with Crippen molar-refractivity contribution in [1.29, 1.82) is 0 Å². The van der Waals surface area contributed by atoms with Gasteiger partial charge in [0.1, 0.15) is 0 Å². The van der Waals surface area contributed by atoms with Crippen molar-refractivity contribution in [2.24, 2.45) is 0 Å². The van der Waals surface area contributed by atoms with Gasteiger partial charge >= 0.3 is 0 Å². The molecule has 0 radical (unpaired) electrons. The zero-order chi connectivity index (χ0) is 14.5. The minimum atomic E-state index is -1.08. The molecule has 0 fully saturated rings. The van der Waals surface area contributed by atoms with E-state index in [0.717, 1.165) is 12.1 Å². The number of nitrogens with one attached hydrogen (secondary N) is 1. The fourth-order valence-corrected chi connectivity index (χ4v) is 1.57. The molecule has 0 aliphatic heterocycles. The maximum absolute atomic E-state index is 13.0. The Bertz CT molecular complexity index is 685. The van der Waals surface area contributed by atoms with Crippen LogP contribution < -0.4 is 10.9 Å². The van der Waals surface area contributed by atoms with Gasteiger partial charge in [0.2, 0.25) is 0 Å². The second kappa shape index (κ2) is 6.05. The normalized spacial score (nSPS) is 10.3. The highest BCUT2D eigenvalue weighted by Gasteiger charge is 2.09.